The molecule has 0 saturated heterocycles. The average molecular weight is 277 g/mol. The first-order chi connectivity index (χ1) is 9.41. The summed E-state index contributed by atoms with van der Waals surface area (Å²) in [4.78, 5) is 8.58. The van der Waals surface area contributed by atoms with Crippen LogP contribution in [0.15, 0.2) is 6.33 Å². The maximum atomic E-state index is 6.19. The number of rotatable bonds is 4. The molecule has 0 aromatic carbocycles. The van der Waals surface area contributed by atoms with E-state index in [2.05, 4.69) is 43.0 Å². The fourth-order valence-electron chi connectivity index (χ4n) is 3.40. The summed E-state index contributed by atoms with van der Waals surface area (Å²) in [5.74, 6) is 2.31. The normalized spacial score (nSPS) is 25.2. The Bertz CT molecular complexity index is 459. The van der Waals surface area contributed by atoms with Gasteiger partial charge in [-0.1, -0.05) is 20.8 Å². The fourth-order valence-corrected chi connectivity index (χ4v) is 3.40. The molecule has 2 unspecified atom stereocenters. The number of hydrogen-bond acceptors (Lipinski definition) is 4. The lowest BCUT2D eigenvalue weighted by Crippen LogP contribution is -2.34. The van der Waals surface area contributed by atoms with Gasteiger partial charge in [0.15, 0.2) is 0 Å². The van der Waals surface area contributed by atoms with Crippen LogP contribution in [-0.4, -0.2) is 22.6 Å². The van der Waals surface area contributed by atoms with E-state index in [1.54, 1.807) is 6.33 Å². The van der Waals surface area contributed by atoms with Crippen molar-refractivity contribution in [1.82, 2.24) is 9.97 Å². The molecule has 112 valence electrons. The van der Waals surface area contributed by atoms with E-state index >= 15 is 0 Å². The Morgan fingerprint density at radius 1 is 1.35 bits per heavy atom. The minimum atomic E-state index is 0.261. The first kappa shape index (κ1) is 15.1. The molecule has 1 heterocycles. The zero-order valence-electron chi connectivity index (χ0n) is 13.4. The van der Waals surface area contributed by atoms with E-state index in [4.69, 9.17) is 4.74 Å². The van der Waals surface area contributed by atoms with E-state index in [0.717, 1.165) is 36.6 Å². The van der Waals surface area contributed by atoms with Gasteiger partial charge in [0.25, 0.3) is 0 Å². The second kappa shape index (κ2) is 5.98. The first-order valence-electron chi connectivity index (χ1n) is 7.63. The van der Waals surface area contributed by atoms with Gasteiger partial charge in [0.2, 0.25) is 5.88 Å². The van der Waals surface area contributed by atoms with Gasteiger partial charge in [-0.2, -0.15) is 0 Å². The van der Waals surface area contributed by atoms with E-state index in [1.807, 2.05) is 6.92 Å². The van der Waals surface area contributed by atoms with Gasteiger partial charge < -0.3 is 10.1 Å². The van der Waals surface area contributed by atoms with Crippen molar-refractivity contribution in [2.24, 2.45) is 11.3 Å². The van der Waals surface area contributed by atoms with E-state index in [1.165, 1.54) is 6.42 Å². The molecule has 1 aliphatic rings. The third kappa shape index (κ3) is 3.62. The van der Waals surface area contributed by atoms with Gasteiger partial charge >= 0.3 is 0 Å². The van der Waals surface area contributed by atoms with Crippen LogP contribution >= 0.6 is 0 Å². The predicted molar refractivity (Wildman–Crippen MR) is 82.1 cm³/mol. The van der Waals surface area contributed by atoms with Crippen LogP contribution in [0.2, 0.25) is 0 Å². The lowest BCUT2D eigenvalue weighted by molar-refractivity contribution is 0.0527. The van der Waals surface area contributed by atoms with Crippen molar-refractivity contribution in [3.8, 4) is 5.88 Å². The summed E-state index contributed by atoms with van der Waals surface area (Å²) >= 11 is 0. The topological polar surface area (TPSA) is 47.0 Å². The number of nitrogens with one attached hydrogen (secondary N) is 1. The molecular weight excluding hydrogens is 250 g/mol. The van der Waals surface area contributed by atoms with Crippen molar-refractivity contribution in [2.45, 2.75) is 60.0 Å². The van der Waals surface area contributed by atoms with Gasteiger partial charge in [-0.25, -0.2) is 9.97 Å². The molecule has 0 bridgehead atoms. The standard InChI is InChI=1S/C16H27N3O/c1-6-17-14-12(3)15(19-10-18-14)20-13-7-11(2)8-16(4,5)9-13/h10-11,13H,6-9H2,1-5H3,(H,17,18,19). The SMILES string of the molecule is CCNc1ncnc(OC2CC(C)CC(C)(C)C2)c1C. The lowest BCUT2D eigenvalue weighted by Gasteiger charge is -2.38. The van der Waals surface area contributed by atoms with Crippen molar-refractivity contribution in [1.29, 1.82) is 0 Å². The zero-order valence-corrected chi connectivity index (χ0v) is 13.4. The van der Waals surface area contributed by atoms with E-state index in [0.29, 0.717) is 11.3 Å². The summed E-state index contributed by atoms with van der Waals surface area (Å²) in [6.07, 6.45) is 5.33. The van der Waals surface area contributed by atoms with E-state index in [9.17, 15) is 0 Å². The minimum Gasteiger partial charge on any atom is -0.474 e. The molecule has 4 heteroatoms. The Kier molecular flexibility index (Phi) is 4.51. The highest BCUT2D eigenvalue weighted by Crippen LogP contribution is 2.40. The third-order valence-electron chi connectivity index (χ3n) is 4.01. The average Bonchev–Trinajstić information content (AvgIpc) is 2.32. The van der Waals surface area contributed by atoms with Crippen LogP contribution in [0.4, 0.5) is 5.82 Å². The van der Waals surface area contributed by atoms with Gasteiger partial charge in [0, 0.05) is 6.54 Å². The molecule has 1 fully saturated rings. The Balaban J connectivity index is 2.11. The smallest absolute Gasteiger partial charge is 0.221 e. The van der Waals surface area contributed by atoms with Crippen LogP contribution in [0, 0.1) is 18.3 Å². The molecule has 0 aliphatic heterocycles. The number of hydrogen-bond donors (Lipinski definition) is 1. The van der Waals surface area contributed by atoms with Crippen LogP contribution in [0.5, 0.6) is 5.88 Å². The molecule has 20 heavy (non-hydrogen) atoms. The molecule has 0 amide bonds. The van der Waals surface area contributed by atoms with Gasteiger partial charge in [-0.3, -0.25) is 0 Å². The molecule has 1 aromatic heterocycles. The van der Waals surface area contributed by atoms with Crippen molar-refractivity contribution >= 4 is 5.82 Å². The Labute approximate surface area is 122 Å². The van der Waals surface area contributed by atoms with Crippen LogP contribution < -0.4 is 10.1 Å². The predicted octanol–water partition coefficient (Wildman–Crippen LogP) is 3.81. The molecule has 1 N–H and O–H groups in total. The third-order valence-corrected chi connectivity index (χ3v) is 4.01. The van der Waals surface area contributed by atoms with Crippen molar-refractivity contribution in [3.05, 3.63) is 11.9 Å². The highest BCUT2D eigenvalue weighted by Gasteiger charge is 2.33. The Morgan fingerprint density at radius 3 is 2.75 bits per heavy atom. The maximum Gasteiger partial charge on any atom is 0.221 e. The molecule has 4 nitrogen and oxygen atoms in total. The van der Waals surface area contributed by atoms with Crippen molar-refractivity contribution in [3.63, 3.8) is 0 Å². The van der Waals surface area contributed by atoms with Crippen molar-refractivity contribution in [2.75, 3.05) is 11.9 Å². The molecule has 1 saturated carbocycles. The van der Waals surface area contributed by atoms with Crippen molar-refractivity contribution < 1.29 is 4.74 Å². The van der Waals surface area contributed by atoms with Gasteiger partial charge in [-0.15, -0.1) is 0 Å². The largest absolute Gasteiger partial charge is 0.474 e. The quantitative estimate of drug-likeness (QED) is 0.909. The Morgan fingerprint density at radius 2 is 2.10 bits per heavy atom. The maximum absolute atomic E-state index is 6.19. The van der Waals surface area contributed by atoms with Gasteiger partial charge in [0.05, 0.1) is 5.56 Å². The summed E-state index contributed by atoms with van der Waals surface area (Å²) in [5, 5.41) is 3.25. The fraction of sp³-hybridized carbons (Fsp3) is 0.750. The summed E-state index contributed by atoms with van der Waals surface area (Å²) < 4.78 is 6.19. The summed E-state index contributed by atoms with van der Waals surface area (Å²) in [6, 6.07) is 0. The molecule has 0 spiro atoms. The first-order valence-corrected chi connectivity index (χ1v) is 7.63. The minimum absolute atomic E-state index is 0.261. The second-order valence-electron chi connectivity index (χ2n) is 6.84. The summed E-state index contributed by atoms with van der Waals surface area (Å²) in [7, 11) is 0. The highest BCUT2D eigenvalue weighted by molar-refractivity contribution is 5.47. The number of anilines is 1. The zero-order chi connectivity index (χ0) is 14.8. The van der Waals surface area contributed by atoms with Crippen LogP contribution in [-0.2, 0) is 0 Å². The molecular formula is C16H27N3O. The lowest BCUT2D eigenvalue weighted by atomic mass is 9.71. The van der Waals surface area contributed by atoms with Gasteiger partial charge in [0.1, 0.15) is 18.2 Å². The molecule has 1 aromatic rings. The highest BCUT2D eigenvalue weighted by atomic mass is 16.5. The number of nitrogens with zero attached hydrogens (tertiary/aromatic N) is 2. The van der Waals surface area contributed by atoms with E-state index < -0.39 is 0 Å². The van der Waals surface area contributed by atoms with Crippen LogP contribution in [0.1, 0.15) is 52.5 Å². The number of ether oxygens (including phenoxy) is 1. The van der Waals surface area contributed by atoms with Gasteiger partial charge in [-0.05, 0) is 44.4 Å². The second-order valence-corrected chi connectivity index (χ2v) is 6.84. The molecule has 2 rings (SSSR count). The summed E-state index contributed by atoms with van der Waals surface area (Å²) in [5.41, 5.74) is 1.36. The molecule has 2 atom stereocenters. The number of aromatic nitrogens is 2. The molecule has 1 aliphatic carbocycles. The Hall–Kier alpha value is -1.32. The summed E-state index contributed by atoms with van der Waals surface area (Å²) in [6.45, 7) is 11.9. The molecule has 0 radical (unpaired) electrons. The van der Waals surface area contributed by atoms with Crippen LogP contribution in [0.25, 0.3) is 0 Å². The monoisotopic (exact) mass is 277 g/mol. The van der Waals surface area contributed by atoms with Crippen LogP contribution in [0.3, 0.4) is 0 Å². The van der Waals surface area contributed by atoms with E-state index in [-0.39, 0.29) is 6.10 Å².